The predicted octanol–water partition coefficient (Wildman–Crippen LogP) is 3.69. The number of carbonyl (C=O) groups is 1. The molecule has 3 aromatic rings. The number of carbonyl (C=O) groups excluding carboxylic acids is 1. The fraction of sp³-hybridized carbons (Fsp3) is 0.429. The standard InChI is InChI=1S/C21H23N3O2S/c25-19(17-14-23-12-13-27-20(23)22-17)24-11-10-21(26,15-6-2-1-3-7-15)16-8-4-5-9-18(16)24/h1-3,6-7,12-14,16,18,26H,4-5,8-11H2/t16-,18+,21-/m0/s1. The van der Waals surface area contributed by atoms with Crippen LogP contribution in [0.2, 0.25) is 0 Å². The first kappa shape index (κ1) is 17.0. The molecule has 5 nitrogen and oxygen atoms in total. The average Bonchev–Trinajstić information content (AvgIpc) is 3.31. The fourth-order valence-corrected chi connectivity index (χ4v) is 5.70. The van der Waals surface area contributed by atoms with Gasteiger partial charge in [0, 0.05) is 36.3 Å². The van der Waals surface area contributed by atoms with Crippen molar-refractivity contribution >= 4 is 22.2 Å². The molecule has 2 fully saturated rings. The third kappa shape index (κ3) is 2.70. The summed E-state index contributed by atoms with van der Waals surface area (Å²) in [6.07, 6.45) is 8.45. The van der Waals surface area contributed by atoms with Crippen LogP contribution >= 0.6 is 11.3 Å². The summed E-state index contributed by atoms with van der Waals surface area (Å²) in [5.41, 5.74) is 0.644. The van der Waals surface area contributed by atoms with Crippen molar-refractivity contribution in [3.8, 4) is 0 Å². The first-order chi connectivity index (χ1) is 13.2. The lowest BCUT2D eigenvalue weighted by atomic mass is 9.66. The lowest BCUT2D eigenvalue weighted by Crippen LogP contribution is -2.59. The molecule has 2 aromatic heterocycles. The van der Waals surface area contributed by atoms with E-state index < -0.39 is 5.60 Å². The number of aromatic nitrogens is 2. The van der Waals surface area contributed by atoms with Crippen molar-refractivity contribution in [2.75, 3.05) is 6.54 Å². The normalized spacial score (nSPS) is 28.3. The van der Waals surface area contributed by atoms with Crippen LogP contribution in [0.1, 0.15) is 48.2 Å². The molecule has 0 unspecified atom stereocenters. The first-order valence-electron chi connectivity index (χ1n) is 9.68. The van der Waals surface area contributed by atoms with Crippen LogP contribution in [0.5, 0.6) is 0 Å². The molecule has 140 valence electrons. The third-order valence-corrected chi connectivity index (χ3v) is 7.09. The number of likely N-dealkylation sites (tertiary alicyclic amines) is 1. The third-order valence-electron chi connectivity index (χ3n) is 6.32. The second-order valence-corrected chi connectivity index (χ2v) is 8.59. The number of imidazole rings is 1. The fourth-order valence-electron chi connectivity index (χ4n) is 5.00. The molecular formula is C21H23N3O2S. The minimum Gasteiger partial charge on any atom is -0.385 e. The SMILES string of the molecule is O=C(c1cn2ccsc2n1)N1CC[C@](O)(c2ccccc2)[C@H]2CCCC[C@H]21. The summed E-state index contributed by atoms with van der Waals surface area (Å²) in [6, 6.07) is 10.1. The van der Waals surface area contributed by atoms with E-state index in [2.05, 4.69) is 4.98 Å². The Labute approximate surface area is 162 Å². The molecule has 1 aliphatic carbocycles. The Morgan fingerprint density at radius 1 is 1.22 bits per heavy atom. The lowest BCUT2D eigenvalue weighted by Gasteiger charge is -2.52. The second-order valence-electron chi connectivity index (χ2n) is 7.72. The van der Waals surface area contributed by atoms with Crippen LogP contribution in [0.3, 0.4) is 0 Å². The summed E-state index contributed by atoms with van der Waals surface area (Å²) in [6.45, 7) is 0.566. The van der Waals surface area contributed by atoms with Gasteiger partial charge in [-0.3, -0.25) is 9.20 Å². The summed E-state index contributed by atoms with van der Waals surface area (Å²) >= 11 is 1.53. The van der Waals surface area contributed by atoms with E-state index in [4.69, 9.17) is 0 Å². The van der Waals surface area contributed by atoms with E-state index in [1.807, 2.05) is 57.4 Å². The van der Waals surface area contributed by atoms with Crippen molar-refractivity contribution in [3.63, 3.8) is 0 Å². The van der Waals surface area contributed by atoms with Crippen LogP contribution in [0.15, 0.2) is 48.1 Å². The van der Waals surface area contributed by atoms with Crippen molar-refractivity contribution in [2.24, 2.45) is 5.92 Å². The van der Waals surface area contributed by atoms with Crippen LogP contribution in [0.25, 0.3) is 4.96 Å². The Morgan fingerprint density at radius 3 is 2.85 bits per heavy atom. The van der Waals surface area contributed by atoms with E-state index in [1.54, 1.807) is 0 Å². The molecule has 1 amide bonds. The average molecular weight is 382 g/mol. The number of aliphatic hydroxyl groups is 1. The molecular weight excluding hydrogens is 358 g/mol. The highest BCUT2D eigenvalue weighted by atomic mass is 32.1. The number of hydrogen-bond donors (Lipinski definition) is 1. The number of piperidine rings is 1. The number of hydrogen-bond acceptors (Lipinski definition) is 4. The maximum Gasteiger partial charge on any atom is 0.274 e. The highest BCUT2D eigenvalue weighted by Crippen LogP contribution is 2.47. The largest absolute Gasteiger partial charge is 0.385 e. The molecule has 0 bridgehead atoms. The molecule has 1 saturated carbocycles. The van der Waals surface area contributed by atoms with Gasteiger partial charge >= 0.3 is 0 Å². The van der Waals surface area contributed by atoms with Crippen LogP contribution < -0.4 is 0 Å². The van der Waals surface area contributed by atoms with Gasteiger partial charge in [0.1, 0.15) is 5.69 Å². The Hall–Kier alpha value is -2.18. The zero-order valence-electron chi connectivity index (χ0n) is 15.1. The van der Waals surface area contributed by atoms with E-state index in [1.165, 1.54) is 11.3 Å². The number of fused-ring (bicyclic) bond motifs is 2. The monoisotopic (exact) mass is 381 g/mol. The van der Waals surface area contributed by atoms with Gasteiger partial charge in [0.15, 0.2) is 4.96 Å². The van der Waals surface area contributed by atoms with Gasteiger partial charge in [-0.15, -0.1) is 11.3 Å². The van der Waals surface area contributed by atoms with Gasteiger partial charge < -0.3 is 10.0 Å². The van der Waals surface area contributed by atoms with Gasteiger partial charge in [-0.25, -0.2) is 4.98 Å². The molecule has 1 N–H and O–H groups in total. The van der Waals surface area contributed by atoms with E-state index in [0.29, 0.717) is 18.7 Å². The lowest BCUT2D eigenvalue weighted by molar-refractivity contribution is -0.110. The Bertz CT molecular complexity index is 938. The van der Waals surface area contributed by atoms with Crippen LogP contribution in [-0.4, -0.2) is 37.9 Å². The number of rotatable bonds is 2. The Kier molecular flexibility index (Phi) is 4.06. The topological polar surface area (TPSA) is 57.8 Å². The molecule has 1 aliphatic heterocycles. The highest BCUT2D eigenvalue weighted by Gasteiger charge is 2.50. The van der Waals surface area contributed by atoms with E-state index in [0.717, 1.165) is 36.2 Å². The van der Waals surface area contributed by atoms with Crippen molar-refractivity contribution in [1.82, 2.24) is 14.3 Å². The minimum atomic E-state index is -0.850. The zero-order chi connectivity index (χ0) is 18.4. The molecule has 0 spiro atoms. The van der Waals surface area contributed by atoms with E-state index >= 15 is 0 Å². The molecule has 0 radical (unpaired) electrons. The first-order valence-corrected chi connectivity index (χ1v) is 10.6. The Morgan fingerprint density at radius 2 is 2.04 bits per heavy atom. The molecule has 3 atom stereocenters. The zero-order valence-corrected chi connectivity index (χ0v) is 15.9. The van der Waals surface area contributed by atoms with Crippen LogP contribution in [0.4, 0.5) is 0 Å². The smallest absolute Gasteiger partial charge is 0.274 e. The minimum absolute atomic E-state index is 0.00193. The van der Waals surface area contributed by atoms with Crippen LogP contribution in [0, 0.1) is 5.92 Å². The van der Waals surface area contributed by atoms with Crippen molar-refractivity contribution in [1.29, 1.82) is 0 Å². The van der Waals surface area contributed by atoms with Crippen molar-refractivity contribution < 1.29 is 9.90 Å². The molecule has 5 rings (SSSR count). The highest BCUT2D eigenvalue weighted by molar-refractivity contribution is 7.15. The Balaban J connectivity index is 1.47. The van der Waals surface area contributed by atoms with Gasteiger partial charge in [-0.2, -0.15) is 0 Å². The summed E-state index contributed by atoms with van der Waals surface area (Å²) in [5.74, 6) is 0.0768. The molecule has 3 heterocycles. The molecule has 1 aromatic carbocycles. The molecule has 1 saturated heterocycles. The van der Waals surface area contributed by atoms with Crippen molar-refractivity contribution in [3.05, 3.63) is 59.4 Å². The maximum absolute atomic E-state index is 13.2. The summed E-state index contributed by atoms with van der Waals surface area (Å²) in [5, 5.41) is 13.6. The number of amides is 1. The maximum atomic E-state index is 13.2. The van der Waals surface area contributed by atoms with Crippen LogP contribution in [-0.2, 0) is 5.60 Å². The molecule has 6 heteroatoms. The predicted molar refractivity (Wildman–Crippen MR) is 105 cm³/mol. The van der Waals surface area contributed by atoms with Gasteiger partial charge in [0.05, 0.1) is 5.60 Å². The molecule has 27 heavy (non-hydrogen) atoms. The van der Waals surface area contributed by atoms with E-state index in [9.17, 15) is 9.90 Å². The summed E-state index contributed by atoms with van der Waals surface area (Å²) in [7, 11) is 0. The van der Waals surface area contributed by atoms with E-state index in [-0.39, 0.29) is 17.9 Å². The molecule has 2 aliphatic rings. The van der Waals surface area contributed by atoms with Crippen molar-refractivity contribution in [2.45, 2.75) is 43.7 Å². The van der Waals surface area contributed by atoms with Gasteiger partial charge in [0.2, 0.25) is 0 Å². The second kappa shape index (κ2) is 6.46. The number of benzene rings is 1. The van der Waals surface area contributed by atoms with Gasteiger partial charge in [-0.1, -0.05) is 43.2 Å². The number of thiazole rings is 1. The summed E-state index contributed by atoms with van der Waals surface area (Å²) in [4.78, 5) is 20.6. The van der Waals surface area contributed by atoms with Gasteiger partial charge in [-0.05, 0) is 24.8 Å². The van der Waals surface area contributed by atoms with Gasteiger partial charge in [0.25, 0.3) is 5.91 Å². The number of nitrogens with zero attached hydrogens (tertiary/aromatic N) is 3. The summed E-state index contributed by atoms with van der Waals surface area (Å²) < 4.78 is 1.90. The quantitative estimate of drug-likeness (QED) is 0.737.